The molecule has 0 saturated heterocycles. The highest BCUT2D eigenvalue weighted by molar-refractivity contribution is 8.00. The van der Waals surface area contributed by atoms with E-state index in [1.54, 1.807) is 64.0 Å². The molecule has 0 unspecified atom stereocenters. The molecule has 0 spiro atoms. The van der Waals surface area contributed by atoms with Crippen molar-refractivity contribution in [2.45, 2.75) is 87.8 Å². The van der Waals surface area contributed by atoms with Crippen LogP contribution in [0.5, 0.6) is 0 Å². The van der Waals surface area contributed by atoms with Crippen LogP contribution in [0.15, 0.2) is 0 Å². The fourth-order valence-electron chi connectivity index (χ4n) is 4.94. The Morgan fingerprint density at radius 1 is 0.463 bits per heavy atom. The molecule has 0 aromatic rings. The molecule has 248 valence electrons. The molecule has 0 amide bonds. The largest absolute Gasteiger partial charge is 0.500 e. The number of hydrogen-bond donors (Lipinski definition) is 2. The van der Waals surface area contributed by atoms with E-state index in [0.29, 0.717) is 0 Å². The van der Waals surface area contributed by atoms with Crippen molar-refractivity contribution >= 4 is 38.2 Å². The van der Waals surface area contributed by atoms with Gasteiger partial charge in [-0.05, 0) is 50.9 Å². The van der Waals surface area contributed by atoms with Gasteiger partial charge < -0.3 is 39.8 Å². The number of thioether (sulfide) groups is 1. The summed E-state index contributed by atoms with van der Waals surface area (Å²) in [6.07, 6.45) is 9.79. The van der Waals surface area contributed by atoms with Gasteiger partial charge in [0.1, 0.15) is 4.99 Å². The Labute approximate surface area is 258 Å². The first-order valence-electron chi connectivity index (χ1n) is 14.8. The molecule has 0 fully saturated rings. The zero-order valence-electron chi connectivity index (χ0n) is 27.7. The Morgan fingerprint density at radius 2 is 0.780 bits per heavy atom. The van der Waals surface area contributed by atoms with Crippen molar-refractivity contribution in [3.63, 3.8) is 0 Å². The Kier molecular flexibility index (Phi) is 24.2. The standard InChI is InChI=1S/C26H62N2O9SSi3/c1-11-38-26(27-21-18-24-40(32-5,33-6)34-7,28-22-19-25-41(35-8,36-9)37-10)20-16-14-12-13-15-17-23-39(29-2,30-3)31-4/h27-28H,11-25H2,1-10H3. The summed E-state index contributed by atoms with van der Waals surface area (Å²) < 4.78 is 50.3. The Bertz CT molecular complexity index is 568. The van der Waals surface area contributed by atoms with Crippen LogP contribution in [0.2, 0.25) is 18.1 Å². The van der Waals surface area contributed by atoms with Crippen LogP contribution in [-0.2, 0) is 39.8 Å². The minimum Gasteiger partial charge on any atom is -0.377 e. The molecule has 2 N–H and O–H groups in total. The van der Waals surface area contributed by atoms with E-state index < -0.39 is 26.4 Å². The predicted octanol–water partition coefficient (Wildman–Crippen LogP) is 4.72. The SMILES string of the molecule is CCSC(CCCCCCCC[Si](OC)(OC)OC)(NCCC[Si](OC)(OC)OC)NCCC[Si](OC)(OC)OC. The summed E-state index contributed by atoms with van der Waals surface area (Å²) in [5.74, 6) is 1.00. The van der Waals surface area contributed by atoms with Gasteiger partial charge in [0.2, 0.25) is 0 Å². The molecule has 0 aliphatic rings. The molecule has 11 nitrogen and oxygen atoms in total. The summed E-state index contributed by atoms with van der Waals surface area (Å²) in [4.78, 5) is -0.218. The Balaban J connectivity index is 5.02. The van der Waals surface area contributed by atoms with Crippen LogP contribution in [0.3, 0.4) is 0 Å². The second kappa shape index (κ2) is 23.9. The molecule has 0 aromatic heterocycles. The van der Waals surface area contributed by atoms with Crippen molar-refractivity contribution in [2.24, 2.45) is 0 Å². The zero-order chi connectivity index (χ0) is 31.1. The molecule has 0 atom stereocenters. The first kappa shape index (κ1) is 41.6. The van der Waals surface area contributed by atoms with Gasteiger partial charge in [-0.2, -0.15) is 0 Å². The van der Waals surface area contributed by atoms with Crippen LogP contribution >= 0.6 is 11.8 Å². The van der Waals surface area contributed by atoms with Crippen molar-refractivity contribution in [1.82, 2.24) is 10.6 Å². The van der Waals surface area contributed by atoms with Crippen molar-refractivity contribution in [3.05, 3.63) is 0 Å². The van der Waals surface area contributed by atoms with Crippen LogP contribution in [-0.4, -0.2) is 114 Å². The Hall–Kier alpha value is 0.561. The lowest BCUT2D eigenvalue weighted by atomic mass is 10.1. The molecule has 0 bridgehead atoms. The van der Waals surface area contributed by atoms with Crippen LogP contribution in [0.1, 0.15) is 64.7 Å². The molecule has 0 aliphatic carbocycles. The molecule has 0 heterocycles. The monoisotopic (exact) mass is 662 g/mol. The highest BCUT2D eigenvalue weighted by Crippen LogP contribution is 2.28. The molecule has 0 aromatic carbocycles. The number of unbranched alkanes of at least 4 members (excludes halogenated alkanes) is 5. The molecule has 0 radical (unpaired) electrons. The van der Waals surface area contributed by atoms with E-state index in [1.165, 1.54) is 19.3 Å². The van der Waals surface area contributed by atoms with E-state index in [0.717, 1.165) is 75.5 Å². The summed E-state index contributed by atoms with van der Waals surface area (Å²) >= 11 is 1.93. The van der Waals surface area contributed by atoms with Gasteiger partial charge in [-0.3, -0.25) is 10.6 Å². The smallest absolute Gasteiger partial charge is 0.377 e. The van der Waals surface area contributed by atoms with Crippen LogP contribution in [0.4, 0.5) is 0 Å². The minimum atomic E-state index is -2.59. The lowest BCUT2D eigenvalue weighted by Gasteiger charge is -2.36. The molecule has 0 saturated carbocycles. The van der Waals surface area contributed by atoms with Crippen molar-refractivity contribution in [1.29, 1.82) is 0 Å². The van der Waals surface area contributed by atoms with E-state index in [1.807, 2.05) is 11.8 Å². The second-order valence-electron chi connectivity index (χ2n) is 9.83. The molecular formula is C26H62N2O9SSi3. The van der Waals surface area contributed by atoms with Crippen LogP contribution in [0, 0.1) is 0 Å². The van der Waals surface area contributed by atoms with Gasteiger partial charge in [-0.25, -0.2) is 0 Å². The van der Waals surface area contributed by atoms with Gasteiger partial charge in [0, 0.05) is 82.1 Å². The second-order valence-corrected chi connectivity index (χ2v) is 20.7. The highest BCUT2D eigenvalue weighted by atomic mass is 32.2. The van der Waals surface area contributed by atoms with Gasteiger partial charge in [-0.15, -0.1) is 11.8 Å². The van der Waals surface area contributed by atoms with Crippen molar-refractivity contribution in [3.8, 4) is 0 Å². The van der Waals surface area contributed by atoms with E-state index >= 15 is 0 Å². The summed E-state index contributed by atoms with van der Waals surface area (Å²) in [7, 11) is 7.40. The number of hydrogen-bond acceptors (Lipinski definition) is 12. The lowest BCUT2D eigenvalue weighted by Crippen LogP contribution is -2.55. The van der Waals surface area contributed by atoms with E-state index in [2.05, 4.69) is 17.6 Å². The van der Waals surface area contributed by atoms with Gasteiger partial charge >= 0.3 is 26.4 Å². The number of rotatable bonds is 30. The first-order valence-corrected chi connectivity index (χ1v) is 21.6. The molecule has 15 heteroatoms. The average molecular weight is 663 g/mol. The maximum Gasteiger partial charge on any atom is 0.500 e. The summed E-state index contributed by atoms with van der Waals surface area (Å²) in [5.41, 5.74) is 0. The third-order valence-electron chi connectivity index (χ3n) is 7.59. The fraction of sp³-hybridized carbons (Fsp3) is 1.00. The summed E-state index contributed by atoms with van der Waals surface area (Å²) in [6, 6.07) is 2.39. The van der Waals surface area contributed by atoms with Gasteiger partial charge in [-0.1, -0.05) is 32.6 Å². The van der Waals surface area contributed by atoms with E-state index in [9.17, 15) is 0 Å². The van der Waals surface area contributed by atoms with Gasteiger partial charge in [0.05, 0.1) is 0 Å². The van der Waals surface area contributed by atoms with Crippen molar-refractivity contribution < 1.29 is 39.8 Å². The average Bonchev–Trinajstić information content (AvgIpc) is 3.02. The highest BCUT2D eigenvalue weighted by Gasteiger charge is 2.39. The fourth-order valence-corrected chi connectivity index (χ4v) is 11.4. The third-order valence-corrected chi connectivity index (χ3v) is 17.4. The van der Waals surface area contributed by atoms with E-state index in [-0.39, 0.29) is 4.99 Å². The third kappa shape index (κ3) is 15.4. The van der Waals surface area contributed by atoms with Gasteiger partial charge in [0.25, 0.3) is 0 Å². The molecule has 0 rings (SSSR count). The maximum absolute atomic E-state index is 5.61. The van der Waals surface area contributed by atoms with E-state index in [4.69, 9.17) is 39.8 Å². The maximum atomic E-state index is 5.61. The molecule has 0 aliphatic heterocycles. The van der Waals surface area contributed by atoms with Gasteiger partial charge in [0.15, 0.2) is 0 Å². The lowest BCUT2D eigenvalue weighted by molar-refractivity contribution is 0.122. The van der Waals surface area contributed by atoms with Crippen LogP contribution < -0.4 is 10.6 Å². The van der Waals surface area contributed by atoms with Crippen molar-refractivity contribution in [2.75, 3.05) is 82.8 Å². The zero-order valence-corrected chi connectivity index (χ0v) is 31.5. The first-order chi connectivity index (χ1) is 19.7. The minimum absolute atomic E-state index is 0.218. The summed E-state index contributed by atoms with van der Waals surface area (Å²) in [6.45, 7) is 3.88. The predicted molar refractivity (Wildman–Crippen MR) is 173 cm³/mol. The molecular weight excluding hydrogens is 601 g/mol. The molecule has 41 heavy (non-hydrogen) atoms. The summed E-state index contributed by atoms with van der Waals surface area (Å²) in [5, 5.41) is 7.71. The topological polar surface area (TPSA) is 107 Å². The van der Waals surface area contributed by atoms with Crippen LogP contribution in [0.25, 0.3) is 0 Å². The number of nitrogens with one attached hydrogen (secondary N) is 2. The quantitative estimate of drug-likeness (QED) is 0.0632. The normalized spacial score (nSPS) is 13.3. The Morgan fingerprint density at radius 3 is 1.12 bits per heavy atom.